The second-order valence-electron chi connectivity index (χ2n) is 5.43. The van der Waals surface area contributed by atoms with E-state index in [2.05, 4.69) is 5.32 Å². The van der Waals surface area contributed by atoms with E-state index in [-0.39, 0.29) is 5.91 Å². The molecular formula is C17H26N2O4. The third-order valence-electron chi connectivity index (χ3n) is 3.92. The molecule has 0 bridgehead atoms. The number of benzene rings is 1. The topological polar surface area (TPSA) is 60.0 Å². The summed E-state index contributed by atoms with van der Waals surface area (Å²) in [5.74, 6) is 1.68. The van der Waals surface area contributed by atoms with Gasteiger partial charge < -0.3 is 24.4 Å². The van der Waals surface area contributed by atoms with E-state index in [9.17, 15) is 4.79 Å². The van der Waals surface area contributed by atoms with E-state index < -0.39 is 0 Å². The minimum atomic E-state index is 0.201. The number of amides is 1. The van der Waals surface area contributed by atoms with Crippen LogP contribution in [0.15, 0.2) is 18.2 Å². The third-order valence-corrected chi connectivity index (χ3v) is 3.92. The highest BCUT2D eigenvalue weighted by atomic mass is 16.5. The van der Waals surface area contributed by atoms with Crippen LogP contribution >= 0.6 is 0 Å². The fraction of sp³-hybridized carbons (Fsp3) is 0.588. The Bertz CT molecular complexity index is 501. The number of carbonyl (C=O) groups is 1. The molecule has 1 N–H and O–H groups in total. The van der Waals surface area contributed by atoms with Crippen molar-refractivity contribution in [1.29, 1.82) is 0 Å². The van der Waals surface area contributed by atoms with Crippen LogP contribution < -0.4 is 14.8 Å². The highest BCUT2D eigenvalue weighted by molar-refractivity contribution is 5.76. The van der Waals surface area contributed by atoms with E-state index >= 15 is 0 Å². The highest BCUT2D eigenvalue weighted by Crippen LogP contribution is 2.27. The van der Waals surface area contributed by atoms with Crippen molar-refractivity contribution in [2.24, 2.45) is 0 Å². The average molecular weight is 322 g/mol. The predicted molar refractivity (Wildman–Crippen MR) is 88.1 cm³/mol. The molecule has 0 spiro atoms. The Labute approximate surface area is 137 Å². The van der Waals surface area contributed by atoms with Crippen molar-refractivity contribution in [3.63, 3.8) is 0 Å². The van der Waals surface area contributed by atoms with E-state index in [0.29, 0.717) is 39.3 Å². The second-order valence-corrected chi connectivity index (χ2v) is 5.43. The molecule has 1 aromatic rings. The van der Waals surface area contributed by atoms with Crippen molar-refractivity contribution in [2.45, 2.75) is 12.8 Å². The summed E-state index contributed by atoms with van der Waals surface area (Å²) in [5.41, 5.74) is 1.18. The van der Waals surface area contributed by atoms with E-state index in [4.69, 9.17) is 14.2 Å². The van der Waals surface area contributed by atoms with E-state index in [0.717, 1.165) is 24.5 Å². The van der Waals surface area contributed by atoms with Gasteiger partial charge >= 0.3 is 0 Å². The lowest BCUT2D eigenvalue weighted by atomic mass is 10.1. The number of rotatable bonds is 8. The molecule has 23 heavy (non-hydrogen) atoms. The van der Waals surface area contributed by atoms with Crippen LogP contribution in [0.1, 0.15) is 12.0 Å². The molecule has 0 unspecified atom stereocenters. The van der Waals surface area contributed by atoms with Gasteiger partial charge in [0.1, 0.15) is 0 Å². The molecule has 0 radical (unpaired) electrons. The maximum Gasteiger partial charge on any atom is 0.224 e. The van der Waals surface area contributed by atoms with Gasteiger partial charge in [-0.25, -0.2) is 0 Å². The van der Waals surface area contributed by atoms with Gasteiger partial charge in [-0.2, -0.15) is 0 Å². The fourth-order valence-electron chi connectivity index (χ4n) is 2.56. The van der Waals surface area contributed by atoms with Gasteiger partial charge in [0.05, 0.1) is 27.4 Å². The molecule has 1 fully saturated rings. The summed E-state index contributed by atoms with van der Waals surface area (Å²) in [6.45, 7) is 4.25. The predicted octanol–water partition coefficient (Wildman–Crippen LogP) is 1.08. The molecular weight excluding hydrogens is 296 g/mol. The SMILES string of the molecule is COc1ccc(CCNCCC(=O)N2CCOCC2)cc1OC. The number of ether oxygens (including phenoxy) is 3. The number of carbonyl (C=O) groups excluding carboxylic acids is 1. The Kier molecular flexibility index (Phi) is 7.16. The van der Waals surface area contributed by atoms with Crippen molar-refractivity contribution in [2.75, 3.05) is 53.6 Å². The van der Waals surface area contributed by atoms with Crippen molar-refractivity contribution in [1.82, 2.24) is 10.2 Å². The van der Waals surface area contributed by atoms with E-state index in [1.807, 2.05) is 23.1 Å². The standard InChI is InChI=1S/C17H26N2O4/c1-21-15-4-3-14(13-16(15)22-2)5-7-18-8-6-17(20)19-9-11-23-12-10-19/h3-4,13,18H,5-12H2,1-2H3. The van der Waals surface area contributed by atoms with Gasteiger partial charge in [-0.15, -0.1) is 0 Å². The third kappa shape index (κ3) is 5.41. The van der Waals surface area contributed by atoms with Gasteiger partial charge in [-0.05, 0) is 30.7 Å². The zero-order valence-electron chi connectivity index (χ0n) is 14.0. The zero-order valence-corrected chi connectivity index (χ0v) is 14.0. The van der Waals surface area contributed by atoms with Crippen molar-refractivity contribution < 1.29 is 19.0 Å². The molecule has 1 saturated heterocycles. The molecule has 1 heterocycles. The number of nitrogens with one attached hydrogen (secondary N) is 1. The van der Waals surface area contributed by atoms with Crippen LogP contribution in [0.3, 0.4) is 0 Å². The molecule has 6 nitrogen and oxygen atoms in total. The molecule has 128 valence electrons. The summed E-state index contributed by atoms with van der Waals surface area (Å²) in [5, 5.41) is 3.32. The lowest BCUT2D eigenvalue weighted by Crippen LogP contribution is -2.41. The monoisotopic (exact) mass is 322 g/mol. The summed E-state index contributed by atoms with van der Waals surface area (Å²) in [6.07, 6.45) is 1.41. The van der Waals surface area contributed by atoms with E-state index in [1.165, 1.54) is 5.56 Å². The van der Waals surface area contributed by atoms with Gasteiger partial charge in [0.2, 0.25) is 5.91 Å². The first-order valence-corrected chi connectivity index (χ1v) is 8.01. The maximum absolute atomic E-state index is 12.0. The smallest absolute Gasteiger partial charge is 0.224 e. The minimum Gasteiger partial charge on any atom is -0.493 e. The van der Waals surface area contributed by atoms with E-state index in [1.54, 1.807) is 14.2 Å². The van der Waals surface area contributed by atoms with Crippen LogP contribution in [0.4, 0.5) is 0 Å². The van der Waals surface area contributed by atoms with Crippen LogP contribution in [0.5, 0.6) is 11.5 Å². The molecule has 6 heteroatoms. The Morgan fingerprint density at radius 1 is 1.17 bits per heavy atom. The van der Waals surface area contributed by atoms with Crippen LogP contribution in [-0.4, -0.2) is 64.4 Å². The summed E-state index contributed by atoms with van der Waals surface area (Å²) in [7, 11) is 3.27. The summed E-state index contributed by atoms with van der Waals surface area (Å²) < 4.78 is 15.8. The Morgan fingerprint density at radius 3 is 2.61 bits per heavy atom. The molecule has 1 aromatic carbocycles. The number of methoxy groups -OCH3 is 2. The number of hydrogen-bond acceptors (Lipinski definition) is 5. The lowest BCUT2D eigenvalue weighted by molar-refractivity contribution is -0.135. The van der Waals surface area contributed by atoms with Crippen LogP contribution in [0.2, 0.25) is 0 Å². The Morgan fingerprint density at radius 2 is 1.91 bits per heavy atom. The molecule has 0 saturated carbocycles. The quantitative estimate of drug-likeness (QED) is 0.726. The van der Waals surface area contributed by atoms with Crippen LogP contribution in [0, 0.1) is 0 Å². The molecule has 1 amide bonds. The van der Waals surface area contributed by atoms with Gasteiger partial charge in [0.15, 0.2) is 11.5 Å². The van der Waals surface area contributed by atoms with Gasteiger partial charge in [0.25, 0.3) is 0 Å². The minimum absolute atomic E-state index is 0.201. The summed E-state index contributed by atoms with van der Waals surface area (Å²) in [6, 6.07) is 5.93. The first-order chi connectivity index (χ1) is 11.2. The highest BCUT2D eigenvalue weighted by Gasteiger charge is 2.15. The molecule has 0 aromatic heterocycles. The lowest BCUT2D eigenvalue weighted by Gasteiger charge is -2.26. The maximum atomic E-state index is 12.0. The largest absolute Gasteiger partial charge is 0.493 e. The molecule has 0 aliphatic carbocycles. The zero-order chi connectivity index (χ0) is 16.5. The second kappa shape index (κ2) is 9.37. The van der Waals surface area contributed by atoms with Gasteiger partial charge in [-0.1, -0.05) is 6.07 Å². The molecule has 1 aliphatic rings. The fourth-order valence-corrected chi connectivity index (χ4v) is 2.56. The molecule has 2 rings (SSSR count). The molecule has 0 atom stereocenters. The molecule has 1 aliphatic heterocycles. The normalized spacial score (nSPS) is 14.6. The summed E-state index contributed by atoms with van der Waals surface area (Å²) >= 11 is 0. The van der Waals surface area contributed by atoms with Crippen molar-refractivity contribution >= 4 is 5.91 Å². The van der Waals surface area contributed by atoms with Crippen molar-refractivity contribution in [3.8, 4) is 11.5 Å². The first-order valence-electron chi connectivity index (χ1n) is 8.01. The van der Waals surface area contributed by atoms with Gasteiger partial charge in [0, 0.05) is 26.1 Å². The Balaban J connectivity index is 1.66. The summed E-state index contributed by atoms with van der Waals surface area (Å²) in [4.78, 5) is 13.9. The van der Waals surface area contributed by atoms with Crippen molar-refractivity contribution in [3.05, 3.63) is 23.8 Å². The first kappa shape index (κ1) is 17.6. The number of morpholine rings is 1. The average Bonchev–Trinajstić information content (AvgIpc) is 2.61. The number of nitrogens with zero attached hydrogens (tertiary/aromatic N) is 1. The number of hydrogen-bond donors (Lipinski definition) is 1. The Hall–Kier alpha value is -1.79. The van der Waals surface area contributed by atoms with Crippen LogP contribution in [-0.2, 0) is 16.0 Å². The van der Waals surface area contributed by atoms with Gasteiger partial charge in [-0.3, -0.25) is 4.79 Å². The van der Waals surface area contributed by atoms with Crippen LogP contribution in [0.25, 0.3) is 0 Å².